The van der Waals surface area contributed by atoms with Crippen LogP contribution in [-0.4, -0.2) is 30.5 Å². The zero-order valence-corrected chi connectivity index (χ0v) is 14.7. The first kappa shape index (κ1) is 17.6. The summed E-state index contributed by atoms with van der Waals surface area (Å²) in [6.07, 6.45) is 4.95. The number of hydrogen-bond acceptors (Lipinski definition) is 6. The number of carbonyl (C=O) groups is 1. The minimum Gasteiger partial charge on any atom is -0.353 e. The van der Waals surface area contributed by atoms with Gasteiger partial charge in [0.15, 0.2) is 15.7 Å². The van der Waals surface area contributed by atoms with Gasteiger partial charge in [-0.3, -0.25) is 4.79 Å². The average molecular weight is 363 g/mol. The molecule has 0 saturated heterocycles. The van der Waals surface area contributed by atoms with Crippen molar-refractivity contribution in [2.45, 2.75) is 55.2 Å². The lowest BCUT2D eigenvalue weighted by Gasteiger charge is -2.10. The Bertz CT molecular complexity index is 811. The van der Waals surface area contributed by atoms with Crippen molar-refractivity contribution < 1.29 is 17.7 Å². The summed E-state index contributed by atoms with van der Waals surface area (Å²) in [4.78, 5) is 16.2. The number of aryl methyl sites for hydroxylation is 1. The van der Waals surface area contributed by atoms with Crippen LogP contribution >= 0.6 is 0 Å². The molecule has 1 N–H and O–H groups in total. The van der Waals surface area contributed by atoms with Gasteiger partial charge in [0.25, 0.3) is 0 Å². The third-order valence-corrected chi connectivity index (χ3v) is 5.85. The molecule has 1 heterocycles. The van der Waals surface area contributed by atoms with E-state index >= 15 is 0 Å². The molecule has 1 aromatic carbocycles. The monoisotopic (exact) mass is 363 g/mol. The van der Waals surface area contributed by atoms with Crippen LogP contribution in [0.25, 0.3) is 0 Å². The molecule has 0 bridgehead atoms. The third-order valence-electron chi connectivity index (χ3n) is 4.22. The zero-order chi connectivity index (χ0) is 17.7. The summed E-state index contributed by atoms with van der Waals surface area (Å²) < 4.78 is 29.6. The van der Waals surface area contributed by atoms with Crippen molar-refractivity contribution in [3.8, 4) is 0 Å². The molecule has 3 rings (SSSR count). The highest BCUT2D eigenvalue weighted by molar-refractivity contribution is 7.90. The van der Waals surface area contributed by atoms with E-state index < -0.39 is 9.84 Å². The van der Waals surface area contributed by atoms with E-state index in [1.54, 1.807) is 18.2 Å². The summed E-state index contributed by atoms with van der Waals surface area (Å²) in [7, 11) is -3.51. The van der Waals surface area contributed by atoms with Gasteiger partial charge in [0.05, 0.1) is 4.90 Å². The van der Waals surface area contributed by atoms with E-state index in [1.165, 1.54) is 12.1 Å². The molecule has 1 aliphatic rings. The molecule has 1 saturated carbocycles. The van der Waals surface area contributed by atoms with E-state index in [0.717, 1.165) is 25.7 Å². The van der Waals surface area contributed by atoms with Crippen molar-refractivity contribution in [3.05, 3.63) is 42.0 Å². The van der Waals surface area contributed by atoms with Gasteiger partial charge in [-0.05, 0) is 25.0 Å². The first-order valence-corrected chi connectivity index (χ1v) is 10.1. The minimum absolute atomic E-state index is 0.0384. The van der Waals surface area contributed by atoms with Crippen LogP contribution in [-0.2, 0) is 26.8 Å². The highest BCUT2D eigenvalue weighted by Crippen LogP contribution is 2.18. The average Bonchev–Trinajstić information content (AvgIpc) is 3.25. The summed E-state index contributed by atoms with van der Waals surface area (Å²) in [6, 6.07) is 8.42. The number of benzene rings is 1. The number of hydrogen-bond donors (Lipinski definition) is 1. The van der Waals surface area contributed by atoms with E-state index in [-0.39, 0.29) is 40.7 Å². The van der Waals surface area contributed by atoms with Crippen LogP contribution in [0.3, 0.4) is 0 Å². The molecule has 0 spiro atoms. The number of amides is 1. The minimum atomic E-state index is -3.51. The standard InChI is InChI=1S/C17H21N3O4S/c21-16(18-13-6-4-5-7-13)10-11-17-19-15(20-24-17)12-25(22,23)14-8-2-1-3-9-14/h1-3,8-9,13H,4-7,10-12H2,(H,18,21). The summed E-state index contributed by atoms with van der Waals surface area (Å²) in [5, 5.41) is 6.70. The second kappa shape index (κ2) is 7.77. The Hall–Kier alpha value is -2.22. The van der Waals surface area contributed by atoms with E-state index in [9.17, 15) is 13.2 Å². The van der Waals surface area contributed by atoms with Crippen molar-refractivity contribution in [3.63, 3.8) is 0 Å². The third kappa shape index (κ3) is 4.88. The van der Waals surface area contributed by atoms with Crippen LogP contribution < -0.4 is 5.32 Å². The molecular formula is C17H21N3O4S. The van der Waals surface area contributed by atoms with Crippen molar-refractivity contribution in [1.29, 1.82) is 0 Å². The molecule has 1 fully saturated rings. The molecule has 7 nitrogen and oxygen atoms in total. The predicted octanol–water partition coefficient (Wildman–Crippen LogP) is 2.03. The summed E-state index contributed by atoms with van der Waals surface area (Å²) in [6.45, 7) is 0. The fraction of sp³-hybridized carbons (Fsp3) is 0.471. The number of nitrogens with zero attached hydrogens (tertiary/aromatic N) is 2. The Kier molecular flexibility index (Phi) is 5.47. The zero-order valence-electron chi connectivity index (χ0n) is 13.8. The molecule has 8 heteroatoms. The van der Waals surface area contributed by atoms with Gasteiger partial charge >= 0.3 is 0 Å². The highest BCUT2D eigenvalue weighted by Gasteiger charge is 2.20. The SMILES string of the molecule is O=C(CCc1nc(CS(=O)(=O)c2ccccc2)no1)NC1CCCC1. The number of carbonyl (C=O) groups excluding carboxylic acids is 1. The lowest BCUT2D eigenvalue weighted by molar-refractivity contribution is -0.121. The van der Waals surface area contributed by atoms with Crippen LogP contribution in [0.2, 0.25) is 0 Å². The molecule has 134 valence electrons. The van der Waals surface area contributed by atoms with E-state index in [0.29, 0.717) is 6.42 Å². The molecule has 0 aliphatic heterocycles. The lowest BCUT2D eigenvalue weighted by Crippen LogP contribution is -2.32. The Morgan fingerprint density at radius 1 is 1.20 bits per heavy atom. The molecule has 25 heavy (non-hydrogen) atoms. The first-order valence-electron chi connectivity index (χ1n) is 8.41. The van der Waals surface area contributed by atoms with Crippen LogP contribution in [0, 0.1) is 0 Å². The maximum absolute atomic E-state index is 12.3. The van der Waals surface area contributed by atoms with Crippen LogP contribution in [0.4, 0.5) is 0 Å². The van der Waals surface area contributed by atoms with Gasteiger partial charge in [0.2, 0.25) is 11.8 Å². The van der Waals surface area contributed by atoms with E-state index in [1.807, 2.05) is 0 Å². The van der Waals surface area contributed by atoms with Gasteiger partial charge < -0.3 is 9.84 Å². The molecule has 1 aromatic heterocycles. The fourth-order valence-corrected chi connectivity index (χ4v) is 4.12. The van der Waals surface area contributed by atoms with Gasteiger partial charge in [-0.1, -0.05) is 36.2 Å². The largest absolute Gasteiger partial charge is 0.353 e. The second-order valence-electron chi connectivity index (χ2n) is 6.23. The summed E-state index contributed by atoms with van der Waals surface area (Å²) >= 11 is 0. The number of sulfone groups is 1. The Labute approximate surface area is 146 Å². The topological polar surface area (TPSA) is 102 Å². The van der Waals surface area contributed by atoms with Crippen LogP contribution in [0.15, 0.2) is 39.8 Å². The van der Waals surface area contributed by atoms with Crippen LogP contribution in [0.5, 0.6) is 0 Å². The quantitative estimate of drug-likeness (QED) is 0.807. The van der Waals surface area contributed by atoms with Crippen molar-refractivity contribution in [2.24, 2.45) is 0 Å². The van der Waals surface area contributed by atoms with E-state index in [4.69, 9.17) is 4.52 Å². The summed E-state index contributed by atoms with van der Waals surface area (Å²) in [5.74, 6) is 0.0212. The highest BCUT2D eigenvalue weighted by atomic mass is 32.2. The van der Waals surface area contributed by atoms with Gasteiger partial charge in [-0.15, -0.1) is 0 Å². The van der Waals surface area contributed by atoms with Crippen molar-refractivity contribution in [1.82, 2.24) is 15.5 Å². The normalized spacial score (nSPS) is 15.4. The van der Waals surface area contributed by atoms with Gasteiger partial charge in [0, 0.05) is 18.9 Å². The van der Waals surface area contributed by atoms with Crippen molar-refractivity contribution in [2.75, 3.05) is 0 Å². The summed E-state index contributed by atoms with van der Waals surface area (Å²) in [5.41, 5.74) is 0. The second-order valence-corrected chi connectivity index (χ2v) is 8.21. The maximum atomic E-state index is 12.3. The Morgan fingerprint density at radius 3 is 2.64 bits per heavy atom. The molecule has 0 atom stereocenters. The van der Waals surface area contributed by atoms with E-state index in [2.05, 4.69) is 15.5 Å². The van der Waals surface area contributed by atoms with Crippen LogP contribution in [0.1, 0.15) is 43.8 Å². The van der Waals surface area contributed by atoms with Gasteiger partial charge in [0.1, 0.15) is 5.75 Å². The smallest absolute Gasteiger partial charge is 0.227 e. The van der Waals surface area contributed by atoms with Gasteiger partial charge in [-0.25, -0.2) is 8.42 Å². The molecular weight excluding hydrogens is 342 g/mol. The van der Waals surface area contributed by atoms with Gasteiger partial charge in [-0.2, -0.15) is 4.98 Å². The fourth-order valence-electron chi connectivity index (χ4n) is 2.92. The molecule has 2 aromatic rings. The molecule has 1 aliphatic carbocycles. The number of nitrogens with one attached hydrogen (secondary N) is 1. The Morgan fingerprint density at radius 2 is 1.92 bits per heavy atom. The lowest BCUT2D eigenvalue weighted by atomic mass is 10.2. The molecule has 1 amide bonds. The molecule has 0 radical (unpaired) electrons. The Balaban J connectivity index is 1.53. The maximum Gasteiger partial charge on any atom is 0.227 e. The molecule has 0 unspecified atom stereocenters. The predicted molar refractivity (Wildman–Crippen MR) is 90.3 cm³/mol. The number of aromatic nitrogens is 2. The first-order chi connectivity index (χ1) is 12.0. The number of rotatable bonds is 7. The van der Waals surface area contributed by atoms with Crippen molar-refractivity contribution >= 4 is 15.7 Å².